The first-order valence-corrected chi connectivity index (χ1v) is 17.2. The van der Waals surface area contributed by atoms with Gasteiger partial charge in [0.2, 0.25) is 10.0 Å². The van der Waals surface area contributed by atoms with E-state index in [0.717, 1.165) is 42.4 Å². The number of benzene rings is 1. The zero-order chi connectivity index (χ0) is 29.3. The highest BCUT2D eigenvalue weighted by molar-refractivity contribution is 7.91. The first kappa shape index (κ1) is 28.0. The van der Waals surface area contributed by atoms with Crippen molar-refractivity contribution in [1.29, 1.82) is 0 Å². The van der Waals surface area contributed by atoms with Crippen LogP contribution in [0.15, 0.2) is 44.2 Å². The van der Waals surface area contributed by atoms with Crippen LogP contribution in [0, 0.1) is 17.8 Å². The van der Waals surface area contributed by atoms with Crippen molar-refractivity contribution < 1.29 is 36.2 Å². The number of methoxy groups -OCH3 is 2. The van der Waals surface area contributed by atoms with E-state index in [1.165, 1.54) is 12.5 Å². The number of thiophene rings is 1. The van der Waals surface area contributed by atoms with Crippen LogP contribution in [-0.2, 0) is 37.9 Å². The molecule has 2 unspecified atom stereocenters. The van der Waals surface area contributed by atoms with Crippen LogP contribution in [0.4, 0.5) is 5.00 Å². The van der Waals surface area contributed by atoms with Crippen molar-refractivity contribution in [1.82, 2.24) is 9.62 Å². The Kier molecular flexibility index (Phi) is 6.83. The van der Waals surface area contributed by atoms with Crippen molar-refractivity contribution in [2.75, 3.05) is 25.8 Å². The Hall–Kier alpha value is -3.14. The average Bonchev–Trinajstić information content (AvgIpc) is 3.64. The predicted molar refractivity (Wildman–Crippen MR) is 152 cm³/mol. The van der Waals surface area contributed by atoms with Crippen molar-refractivity contribution in [3.63, 3.8) is 0 Å². The number of sulfonamides is 2. The second-order valence-corrected chi connectivity index (χ2v) is 15.0. The second kappa shape index (κ2) is 10.00. The third-order valence-electron chi connectivity index (χ3n) is 8.39. The number of nitrogens with zero attached hydrogens (tertiary/aromatic N) is 2. The molecule has 4 atom stereocenters. The number of carbonyl (C=O) groups excluding carboxylic acids is 1. The van der Waals surface area contributed by atoms with Gasteiger partial charge in [-0.05, 0) is 48.6 Å². The molecule has 2 bridgehead atoms. The summed E-state index contributed by atoms with van der Waals surface area (Å²) < 4.78 is 67.0. The molecule has 2 aliphatic heterocycles. The molecule has 1 aromatic heterocycles. The molecule has 3 N–H and O–H groups in total. The molecule has 2 fully saturated rings. The summed E-state index contributed by atoms with van der Waals surface area (Å²) in [4.78, 5) is 15.7. The topological polar surface area (TPSA) is 164 Å². The molecule has 41 heavy (non-hydrogen) atoms. The van der Waals surface area contributed by atoms with E-state index in [9.17, 15) is 26.7 Å². The number of aliphatic hydroxyl groups excluding tert-OH is 1. The van der Waals surface area contributed by atoms with Crippen LogP contribution in [0.25, 0.3) is 0 Å². The van der Waals surface area contributed by atoms with E-state index in [4.69, 9.17) is 9.47 Å². The number of hydrogen-bond donors (Lipinski definition) is 3. The van der Waals surface area contributed by atoms with E-state index in [-0.39, 0.29) is 69.5 Å². The van der Waals surface area contributed by atoms with Crippen LogP contribution < -0.4 is 19.5 Å². The van der Waals surface area contributed by atoms with E-state index in [2.05, 4.69) is 14.4 Å². The molecule has 2 aromatic rings. The van der Waals surface area contributed by atoms with E-state index < -0.39 is 26.0 Å². The summed E-state index contributed by atoms with van der Waals surface area (Å²) in [5.41, 5.74) is 0.823. The van der Waals surface area contributed by atoms with Gasteiger partial charge in [-0.15, -0.1) is 15.7 Å². The highest BCUT2D eigenvalue weighted by atomic mass is 32.2. The standard InChI is InChI=1S/C26H30N4O8S3/c1-37-17-7-6-15(18(9-17)38-2)11-30-21-14-5-4-13(8-14)19(21)22(31)20(26(30)32)24-28-25-23(41(35,36)29-24)16(12-39-25)10-27-40(3,33)34/h6-7,9,12-14,19,21,27,31H,4-5,8,10-11H2,1-3H3,(H,28,29)/t13?,14?,19-,21+/m1/s1. The van der Waals surface area contributed by atoms with Gasteiger partial charge in [-0.2, -0.15) is 8.42 Å². The van der Waals surface area contributed by atoms with Crippen molar-refractivity contribution in [3.8, 4) is 11.5 Å². The molecule has 2 saturated carbocycles. The van der Waals surface area contributed by atoms with Gasteiger partial charge in [0.05, 0.1) is 20.5 Å². The van der Waals surface area contributed by atoms with Gasteiger partial charge in [0.25, 0.3) is 15.9 Å². The van der Waals surface area contributed by atoms with Crippen molar-refractivity contribution in [2.24, 2.45) is 22.2 Å². The minimum atomic E-state index is -4.32. The van der Waals surface area contributed by atoms with Gasteiger partial charge in [0.1, 0.15) is 32.7 Å². The molecule has 6 rings (SSSR count). The molecular formula is C26H30N4O8S3. The lowest BCUT2D eigenvalue weighted by atomic mass is 9.77. The molecule has 1 amide bonds. The number of fused-ring (bicyclic) bond motifs is 6. The lowest BCUT2D eigenvalue weighted by molar-refractivity contribution is -0.134. The minimum Gasteiger partial charge on any atom is -0.511 e. The molecule has 220 valence electrons. The lowest BCUT2D eigenvalue weighted by Crippen LogP contribution is -2.53. The first-order valence-electron chi connectivity index (χ1n) is 13.0. The normalized spacial score (nSPS) is 26.4. The molecule has 0 radical (unpaired) electrons. The second-order valence-electron chi connectivity index (χ2n) is 10.8. The fraction of sp³-hybridized carbons (Fsp3) is 0.462. The summed E-state index contributed by atoms with van der Waals surface area (Å²) in [5.74, 6) is 0.317. The Morgan fingerprint density at radius 3 is 2.66 bits per heavy atom. The number of nitrogens with one attached hydrogen (secondary N) is 2. The zero-order valence-electron chi connectivity index (χ0n) is 22.6. The van der Waals surface area contributed by atoms with E-state index in [0.29, 0.717) is 11.5 Å². The third-order valence-corrected chi connectivity index (χ3v) is 11.5. The van der Waals surface area contributed by atoms with Gasteiger partial charge in [-0.25, -0.2) is 13.1 Å². The Morgan fingerprint density at radius 1 is 1.20 bits per heavy atom. The molecule has 0 saturated heterocycles. The maximum absolute atomic E-state index is 14.2. The number of amidine groups is 1. The average molecular weight is 623 g/mol. The van der Waals surface area contributed by atoms with Gasteiger partial charge in [-0.3, -0.25) is 4.79 Å². The largest absolute Gasteiger partial charge is 0.511 e. The maximum atomic E-state index is 14.2. The van der Waals surface area contributed by atoms with Crippen molar-refractivity contribution >= 4 is 48.1 Å². The summed E-state index contributed by atoms with van der Waals surface area (Å²) in [7, 11) is -4.79. The molecule has 1 aromatic carbocycles. The van der Waals surface area contributed by atoms with E-state index in [1.54, 1.807) is 24.1 Å². The van der Waals surface area contributed by atoms with Crippen LogP contribution >= 0.6 is 11.3 Å². The highest BCUT2D eigenvalue weighted by Gasteiger charge is 2.57. The molecular weight excluding hydrogens is 593 g/mol. The number of hydrogen-bond acceptors (Lipinski definition) is 10. The Bertz CT molecular complexity index is 1710. The third kappa shape index (κ3) is 4.77. The maximum Gasteiger partial charge on any atom is 0.287 e. The smallest absolute Gasteiger partial charge is 0.287 e. The van der Waals surface area contributed by atoms with Crippen LogP contribution in [0.2, 0.25) is 0 Å². The molecule has 4 aliphatic rings. The van der Waals surface area contributed by atoms with E-state index >= 15 is 0 Å². The monoisotopic (exact) mass is 622 g/mol. The predicted octanol–water partition coefficient (Wildman–Crippen LogP) is 2.60. The van der Waals surface area contributed by atoms with Crippen LogP contribution in [0.1, 0.15) is 30.4 Å². The zero-order valence-corrected chi connectivity index (χ0v) is 25.0. The molecule has 3 heterocycles. The van der Waals surface area contributed by atoms with Crippen molar-refractivity contribution in [3.05, 3.63) is 46.0 Å². The number of aliphatic hydroxyl groups is 1. The number of ether oxygens (including phenoxy) is 2. The van der Waals surface area contributed by atoms with Crippen LogP contribution in [0.3, 0.4) is 0 Å². The molecule has 2 aliphatic carbocycles. The Balaban J connectivity index is 1.39. The molecule has 12 nitrogen and oxygen atoms in total. The summed E-state index contributed by atoms with van der Waals surface area (Å²) >= 11 is 1.05. The number of rotatable bonds is 8. The summed E-state index contributed by atoms with van der Waals surface area (Å²) in [6.45, 7) is -0.0354. The lowest BCUT2D eigenvalue weighted by Gasteiger charge is -2.44. The summed E-state index contributed by atoms with van der Waals surface area (Å²) in [6.07, 6.45) is 3.73. The fourth-order valence-electron chi connectivity index (χ4n) is 6.70. The minimum absolute atomic E-state index is 0.134. The molecule has 0 spiro atoms. The van der Waals surface area contributed by atoms with Gasteiger partial charge in [-0.1, -0.05) is 0 Å². The van der Waals surface area contributed by atoms with Crippen molar-refractivity contribution in [2.45, 2.75) is 43.3 Å². The van der Waals surface area contributed by atoms with Gasteiger partial charge in [0.15, 0.2) is 5.84 Å². The first-order chi connectivity index (χ1) is 19.4. The van der Waals surface area contributed by atoms with Gasteiger partial charge >= 0.3 is 0 Å². The Labute approximate surface area is 242 Å². The van der Waals surface area contributed by atoms with Crippen LogP contribution in [0.5, 0.6) is 11.5 Å². The SMILES string of the molecule is COc1ccc(CN2C(=O)C(C3=NS(=O)(=O)c4c(CNS(C)(=O)=O)csc4N3)=C(O)[C@@H]3C4CCC(C4)[C@@H]32)c(OC)c1. The fourth-order valence-corrected chi connectivity index (χ4v) is 9.73. The summed E-state index contributed by atoms with van der Waals surface area (Å²) in [5, 5.41) is 16.2. The summed E-state index contributed by atoms with van der Waals surface area (Å²) in [6, 6.07) is 5.12. The van der Waals surface area contributed by atoms with Crippen LogP contribution in [-0.4, -0.2) is 65.1 Å². The number of amides is 1. The van der Waals surface area contributed by atoms with E-state index in [1.807, 2.05) is 6.07 Å². The van der Waals surface area contributed by atoms with Gasteiger partial charge < -0.3 is 24.8 Å². The van der Waals surface area contributed by atoms with Gasteiger partial charge in [0, 0.05) is 42.2 Å². The quantitative estimate of drug-likeness (QED) is 0.402. The Morgan fingerprint density at radius 2 is 1.95 bits per heavy atom. The highest BCUT2D eigenvalue weighted by Crippen LogP contribution is 2.55. The molecule has 15 heteroatoms. The number of carbonyl (C=O) groups is 1. The number of anilines is 1.